The van der Waals surface area contributed by atoms with Crippen LogP contribution in [0, 0.1) is 5.41 Å². The fourth-order valence-corrected chi connectivity index (χ4v) is 5.45. The molecule has 2 aliphatic heterocycles. The molecular weight excluding hydrogens is 400 g/mol. The Morgan fingerprint density at radius 3 is 3.03 bits per heavy atom. The van der Waals surface area contributed by atoms with Gasteiger partial charge in [-0.3, -0.25) is 9.78 Å². The lowest BCUT2D eigenvalue weighted by Crippen LogP contribution is -2.57. The first-order valence-corrected chi connectivity index (χ1v) is 11.6. The molecule has 2 saturated heterocycles. The molecular formula is C26H30N4O2. The van der Waals surface area contributed by atoms with Gasteiger partial charge >= 0.3 is 0 Å². The molecule has 2 atom stereocenters. The first-order chi connectivity index (χ1) is 15.6. The van der Waals surface area contributed by atoms with Crippen molar-refractivity contribution in [3.8, 4) is 0 Å². The molecule has 1 amide bonds. The number of ether oxygens (including phenoxy) is 1. The molecule has 0 saturated carbocycles. The molecule has 6 nitrogen and oxygen atoms in total. The number of aromatic nitrogens is 2. The zero-order valence-electron chi connectivity index (χ0n) is 18.4. The summed E-state index contributed by atoms with van der Waals surface area (Å²) in [5.74, 6) is 0.705. The van der Waals surface area contributed by atoms with Crippen molar-refractivity contribution in [2.75, 3.05) is 25.4 Å². The topological polar surface area (TPSA) is 81.3 Å². The summed E-state index contributed by atoms with van der Waals surface area (Å²) in [6, 6.07) is 14.1. The highest BCUT2D eigenvalue weighted by molar-refractivity contribution is 5.82. The Labute approximate surface area is 188 Å². The van der Waals surface area contributed by atoms with Gasteiger partial charge in [-0.05, 0) is 61.4 Å². The number of nitrogens with zero attached hydrogens (tertiary/aromatic N) is 3. The minimum Gasteiger partial charge on any atom is -0.383 e. The summed E-state index contributed by atoms with van der Waals surface area (Å²) < 4.78 is 6.19. The van der Waals surface area contributed by atoms with Crippen LogP contribution in [-0.2, 0) is 22.4 Å². The predicted molar refractivity (Wildman–Crippen MR) is 125 cm³/mol. The number of anilines is 1. The second kappa shape index (κ2) is 8.87. The Bertz CT molecular complexity index is 1100. The Morgan fingerprint density at radius 2 is 2.16 bits per heavy atom. The van der Waals surface area contributed by atoms with Crippen LogP contribution in [0.15, 0.2) is 54.9 Å². The molecule has 2 aromatic heterocycles. The van der Waals surface area contributed by atoms with Crippen LogP contribution < -0.4 is 5.73 Å². The molecule has 2 aliphatic rings. The van der Waals surface area contributed by atoms with Gasteiger partial charge in [-0.1, -0.05) is 24.3 Å². The molecule has 6 heteroatoms. The van der Waals surface area contributed by atoms with Crippen molar-refractivity contribution in [2.45, 2.75) is 44.6 Å². The summed E-state index contributed by atoms with van der Waals surface area (Å²) in [5, 5.41) is 1.06. The average Bonchev–Trinajstić information content (AvgIpc) is 2.82. The van der Waals surface area contributed by atoms with Crippen LogP contribution in [0.5, 0.6) is 0 Å². The lowest BCUT2D eigenvalue weighted by Gasteiger charge is -2.50. The number of nitrogens with two attached hydrogens (primary N) is 1. The van der Waals surface area contributed by atoms with E-state index >= 15 is 0 Å². The highest BCUT2D eigenvalue weighted by atomic mass is 16.5. The number of benzene rings is 1. The van der Waals surface area contributed by atoms with Crippen molar-refractivity contribution in [3.63, 3.8) is 0 Å². The van der Waals surface area contributed by atoms with Crippen LogP contribution in [0.3, 0.4) is 0 Å². The predicted octanol–water partition coefficient (Wildman–Crippen LogP) is 3.79. The maximum absolute atomic E-state index is 13.2. The van der Waals surface area contributed by atoms with Crippen LogP contribution >= 0.6 is 0 Å². The standard InChI is InChI=1S/C26H30N4O2/c27-25-21(15-20-6-1-2-7-22(20)29-25)8-9-24(31)30-13-10-23-26(18-30,11-4-14-32-23)16-19-5-3-12-28-17-19/h1-3,5-7,12,15,17,23H,4,8-11,13-14,16,18H2,(H2,27,29)/t23-,26-/m1/s1. The number of fused-ring (bicyclic) bond motifs is 2. The van der Waals surface area contributed by atoms with Gasteiger partial charge in [0.05, 0.1) is 11.6 Å². The lowest BCUT2D eigenvalue weighted by molar-refractivity contribution is -0.151. The number of rotatable bonds is 5. The van der Waals surface area contributed by atoms with E-state index < -0.39 is 0 Å². The van der Waals surface area contributed by atoms with Gasteiger partial charge in [-0.25, -0.2) is 4.98 Å². The van der Waals surface area contributed by atoms with Gasteiger partial charge in [0.15, 0.2) is 0 Å². The normalized spacial score (nSPS) is 23.1. The van der Waals surface area contributed by atoms with Gasteiger partial charge in [0.2, 0.25) is 5.91 Å². The van der Waals surface area contributed by atoms with Crippen molar-refractivity contribution in [2.24, 2.45) is 5.41 Å². The van der Waals surface area contributed by atoms with E-state index in [2.05, 4.69) is 22.1 Å². The third-order valence-corrected chi connectivity index (χ3v) is 7.06. The van der Waals surface area contributed by atoms with E-state index in [0.717, 1.165) is 61.8 Å². The molecule has 32 heavy (non-hydrogen) atoms. The first-order valence-electron chi connectivity index (χ1n) is 11.6. The van der Waals surface area contributed by atoms with Gasteiger partial charge in [0.25, 0.3) is 0 Å². The third kappa shape index (κ3) is 4.19. The van der Waals surface area contributed by atoms with E-state index in [1.54, 1.807) is 6.20 Å². The van der Waals surface area contributed by atoms with Gasteiger partial charge in [0, 0.05) is 49.3 Å². The average molecular weight is 431 g/mol. The number of aryl methyl sites for hydroxylation is 1. The quantitative estimate of drug-likeness (QED) is 0.666. The van der Waals surface area contributed by atoms with Crippen molar-refractivity contribution >= 4 is 22.6 Å². The van der Waals surface area contributed by atoms with Crippen molar-refractivity contribution in [1.82, 2.24) is 14.9 Å². The summed E-state index contributed by atoms with van der Waals surface area (Å²) in [4.78, 5) is 24.1. The van der Waals surface area contributed by atoms with Crippen LogP contribution in [0.25, 0.3) is 10.9 Å². The number of carbonyl (C=O) groups is 1. The number of amides is 1. The number of piperidine rings is 1. The van der Waals surface area contributed by atoms with Crippen molar-refractivity contribution in [3.05, 3.63) is 66.0 Å². The molecule has 0 spiro atoms. The van der Waals surface area contributed by atoms with Crippen LogP contribution in [-0.4, -0.2) is 46.6 Å². The SMILES string of the molecule is Nc1nc2ccccc2cc1CCC(=O)N1CC[C@H]2OCCC[C@@]2(Cc2cccnc2)C1. The lowest BCUT2D eigenvalue weighted by atomic mass is 9.69. The monoisotopic (exact) mass is 430 g/mol. The molecule has 2 fully saturated rings. The second-order valence-electron chi connectivity index (χ2n) is 9.19. The number of nitrogen functional groups attached to an aromatic ring is 1. The number of para-hydroxylation sites is 1. The summed E-state index contributed by atoms with van der Waals surface area (Å²) >= 11 is 0. The van der Waals surface area contributed by atoms with E-state index in [9.17, 15) is 4.79 Å². The maximum Gasteiger partial charge on any atom is 0.222 e. The third-order valence-electron chi connectivity index (χ3n) is 7.06. The fourth-order valence-electron chi connectivity index (χ4n) is 5.45. The Balaban J connectivity index is 1.29. The molecule has 166 valence electrons. The molecule has 4 heterocycles. The minimum atomic E-state index is -0.0290. The van der Waals surface area contributed by atoms with E-state index in [0.29, 0.717) is 18.7 Å². The second-order valence-corrected chi connectivity index (χ2v) is 9.19. The number of hydrogen-bond acceptors (Lipinski definition) is 5. The summed E-state index contributed by atoms with van der Waals surface area (Å²) in [6.07, 6.45) is 8.92. The largest absolute Gasteiger partial charge is 0.383 e. The Hall–Kier alpha value is -2.99. The molecule has 0 bridgehead atoms. The molecule has 5 rings (SSSR count). The van der Waals surface area contributed by atoms with E-state index in [1.807, 2.05) is 41.4 Å². The van der Waals surface area contributed by atoms with Crippen molar-refractivity contribution in [1.29, 1.82) is 0 Å². The Morgan fingerprint density at radius 1 is 1.25 bits per heavy atom. The molecule has 0 unspecified atom stereocenters. The van der Waals surface area contributed by atoms with E-state index in [1.165, 1.54) is 5.56 Å². The maximum atomic E-state index is 13.2. The zero-order valence-corrected chi connectivity index (χ0v) is 18.4. The van der Waals surface area contributed by atoms with Crippen LogP contribution in [0.4, 0.5) is 5.82 Å². The molecule has 1 aromatic carbocycles. The highest BCUT2D eigenvalue weighted by Gasteiger charge is 2.46. The number of carbonyl (C=O) groups excluding carboxylic acids is 1. The van der Waals surface area contributed by atoms with Gasteiger partial charge < -0.3 is 15.4 Å². The van der Waals surface area contributed by atoms with Crippen molar-refractivity contribution < 1.29 is 9.53 Å². The van der Waals surface area contributed by atoms with Gasteiger partial charge in [0.1, 0.15) is 5.82 Å². The zero-order chi connectivity index (χ0) is 22.0. The fraction of sp³-hybridized carbons (Fsp3) is 0.423. The smallest absolute Gasteiger partial charge is 0.222 e. The number of hydrogen-bond donors (Lipinski definition) is 1. The number of pyridine rings is 2. The number of likely N-dealkylation sites (tertiary alicyclic amines) is 1. The van der Waals surface area contributed by atoms with Crippen LogP contribution in [0.2, 0.25) is 0 Å². The Kier molecular flexibility index (Phi) is 5.79. The molecule has 2 N–H and O–H groups in total. The van der Waals surface area contributed by atoms with E-state index in [4.69, 9.17) is 10.5 Å². The summed E-state index contributed by atoms with van der Waals surface area (Å²) in [6.45, 7) is 2.32. The molecule has 0 radical (unpaired) electrons. The first kappa shape index (κ1) is 20.9. The van der Waals surface area contributed by atoms with Gasteiger partial charge in [-0.15, -0.1) is 0 Å². The highest BCUT2D eigenvalue weighted by Crippen LogP contribution is 2.43. The van der Waals surface area contributed by atoms with Gasteiger partial charge in [-0.2, -0.15) is 0 Å². The minimum absolute atomic E-state index is 0.0290. The molecule has 3 aromatic rings. The van der Waals surface area contributed by atoms with Crippen LogP contribution in [0.1, 0.15) is 36.8 Å². The summed E-state index contributed by atoms with van der Waals surface area (Å²) in [7, 11) is 0. The molecule has 0 aliphatic carbocycles. The summed E-state index contributed by atoms with van der Waals surface area (Å²) in [5.41, 5.74) is 9.20. The van der Waals surface area contributed by atoms with E-state index in [-0.39, 0.29) is 17.4 Å².